The predicted octanol–water partition coefficient (Wildman–Crippen LogP) is 0.575. The van der Waals surface area contributed by atoms with Crippen molar-refractivity contribution < 1.29 is 14.7 Å². The van der Waals surface area contributed by atoms with Crippen LogP contribution in [0.1, 0.15) is 18.9 Å². The van der Waals surface area contributed by atoms with Crippen LogP contribution in [0.25, 0.3) is 10.9 Å². The summed E-state index contributed by atoms with van der Waals surface area (Å²) in [6.07, 6.45) is 1.90. The summed E-state index contributed by atoms with van der Waals surface area (Å²) in [6, 6.07) is 5.58. The van der Waals surface area contributed by atoms with Crippen molar-refractivity contribution in [2.45, 2.75) is 18.9 Å². The number of hydrogen-bond donors (Lipinski definition) is 3. The monoisotopic (exact) mass is 365 g/mol. The topological polar surface area (TPSA) is 121 Å². The van der Waals surface area contributed by atoms with Gasteiger partial charge in [0.1, 0.15) is 6.04 Å². The molecule has 0 aliphatic rings. The molecule has 0 radical (unpaired) electrons. The summed E-state index contributed by atoms with van der Waals surface area (Å²) < 4.78 is 0.911. The molecule has 1 atom stereocenters. The summed E-state index contributed by atoms with van der Waals surface area (Å²) in [6.45, 7) is -0.0653. The fourth-order valence-electron chi connectivity index (χ4n) is 2.48. The summed E-state index contributed by atoms with van der Waals surface area (Å²) >= 11 is 1.48. The van der Waals surface area contributed by atoms with Gasteiger partial charge >= 0.3 is 11.7 Å². The number of fused-ring (bicyclic) bond motifs is 1. The fourth-order valence-corrected chi connectivity index (χ4v) is 2.94. The number of amides is 1. The zero-order valence-electron chi connectivity index (χ0n) is 13.7. The number of thioether (sulfide) groups is 1. The Hall–Kier alpha value is -2.55. The van der Waals surface area contributed by atoms with E-state index in [0.29, 0.717) is 16.7 Å². The standard InChI is InChI=1S/C16H19N3O5S/c1-25-9-7-12(14(22)17-8-6-13(20)21)19-15(23)10-4-2-3-5-11(10)18-16(19)24/h2-5,12H,6-9H2,1H3,(H,17,22)(H,18,24)(H,20,21). The lowest BCUT2D eigenvalue weighted by molar-refractivity contribution is -0.137. The van der Waals surface area contributed by atoms with Gasteiger partial charge in [-0.1, -0.05) is 12.1 Å². The SMILES string of the molecule is CSCCC(C(=O)NCCC(=O)O)n1c(=O)[nH]c2ccccc2c1=O. The molecule has 1 unspecified atom stereocenters. The number of rotatable bonds is 8. The van der Waals surface area contributed by atoms with E-state index in [1.165, 1.54) is 11.8 Å². The first kappa shape index (κ1) is 18.8. The highest BCUT2D eigenvalue weighted by Crippen LogP contribution is 2.13. The Labute approximate surface area is 147 Å². The van der Waals surface area contributed by atoms with E-state index in [9.17, 15) is 19.2 Å². The minimum atomic E-state index is -1.04. The quantitative estimate of drug-likeness (QED) is 0.629. The molecule has 9 heteroatoms. The zero-order valence-corrected chi connectivity index (χ0v) is 14.5. The highest BCUT2D eigenvalue weighted by Gasteiger charge is 2.24. The maximum Gasteiger partial charge on any atom is 0.329 e. The number of aliphatic carboxylic acids is 1. The lowest BCUT2D eigenvalue weighted by Crippen LogP contribution is -2.45. The molecular weight excluding hydrogens is 346 g/mol. The second-order valence-corrected chi connectivity index (χ2v) is 6.37. The number of hydrogen-bond acceptors (Lipinski definition) is 5. The van der Waals surface area contributed by atoms with Crippen LogP contribution in [0.2, 0.25) is 0 Å². The molecule has 1 heterocycles. The molecule has 0 aliphatic heterocycles. The molecule has 2 aromatic rings. The lowest BCUT2D eigenvalue weighted by atomic mass is 10.2. The predicted molar refractivity (Wildman–Crippen MR) is 96.1 cm³/mol. The Morgan fingerprint density at radius 2 is 2.04 bits per heavy atom. The molecule has 3 N–H and O–H groups in total. The number of carboxylic acids is 1. The zero-order chi connectivity index (χ0) is 18.4. The Kier molecular flexibility index (Phi) is 6.40. The Morgan fingerprint density at radius 3 is 2.72 bits per heavy atom. The van der Waals surface area contributed by atoms with Crippen LogP contribution in [0.4, 0.5) is 0 Å². The van der Waals surface area contributed by atoms with Crippen LogP contribution < -0.4 is 16.6 Å². The van der Waals surface area contributed by atoms with Crippen molar-refractivity contribution in [3.63, 3.8) is 0 Å². The molecule has 8 nitrogen and oxygen atoms in total. The fraction of sp³-hybridized carbons (Fsp3) is 0.375. The number of carbonyl (C=O) groups is 2. The number of para-hydroxylation sites is 1. The minimum Gasteiger partial charge on any atom is -0.481 e. The molecule has 0 aliphatic carbocycles. The third-order valence-corrected chi connectivity index (χ3v) is 4.33. The van der Waals surface area contributed by atoms with Crippen molar-refractivity contribution in [1.82, 2.24) is 14.9 Å². The van der Waals surface area contributed by atoms with Gasteiger partial charge in [0.05, 0.1) is 17.3 Å². The van der Waals surface area contributed by atoms with E-state index in [1.54, 1.807) is 24.3 Å². The molecule has 1 aromatic heterocycles. The van der Waals surface area contributed by atoms with Crippen molar-refractivity contribution in [3.05, 3.63) is 45.1 Å². The normalized spacial score (nSPS) is 12.0. The van der Waals surface area contributed by atoms with Gasteiger partial charge < -0.3 is 15.4 Å². The third-order valence-electron chi connectivity index (χ3n) is 3.68. The first-order chi connectivity index (χ1) is 12.0. The number of aromatic amines is 1. The van der Waals surface area contributed by atoms with Gasteiger partial charge in [-0.2, -0.15) is 11.8 Å². The number of H-pyrrole nitrogens is 1. The van der Waals surface area contributed by atoms with E-state index < -0.39 is 29.2 Å². The van der Waals surface area contributed by atoms with E-state index >= 15 is 0 Å². The Morgan fingerprint density at radius 1 is 1.32 bits per heavy atom. The summed E-state index contributed by atoms with van der Waals surface area (Å²) in [4.78, 5) is 50.7. The molecular formula is C16H19N3O5S. The van der Waals surface area contributed by atoms with E-state index in [-0.39, 0.29) is 19.4 Å². The second kappa shape index (κ2) is 8.52. The smallest absolute Gasteiger partial charge is 0.329 e. The molecule has 2 rings (SSSR count). The largest absolute Gasteiger partial charge is 0.481 e. The van der Waals surface area contributed by atoms with Crippen molar-refractivity contribution in [2.75, 3.05) is 18.6 Å². The van der Waals surface area contributed by atoms with Crippen molar-refractivity contribution in [3.8, 4) is 0 Å². The lowest BCUT2D eigenvalue weighted by Gasteiger charge is -2.18. The number of nitrogens with one attached hydrogen (secondary N) is 2. The van der Waals surface area contributed by atoms with Crippen molar-refractivity contribution in [2.24, 2.45) is 0 Å². The van der Waals surface area contributed by atoms with Crippen LogP contribution in [0, 0.1) is 0 Å². The Bertz CT molecular complexity index is 889. The number of aromatic nitrogens is 2. The average Bonchev–Trinajstić information content (AvgIpc) is 2.57. The third kappa shape index (κ3) is 4.50. The first-order valence-corrected chi connectivity index (χ1v) is 9.07. The van der Waals surface area contributed by atoms with Crippen LogP contribution in [0.15, 0.2) is 33.9 Å². The van der Waals surface area contributed by atoms with Crippen LogP contribution in [-0.2, 0) is 9.59 Å². The van der Waals surface area contributed by atoms with Crippen molar-refractivity contribution in [1.29, 1.82) is 0 Å². The van der Waals surface area contributed by atoms with E-state index in [1.807, 2.05) is 6.26 Å². The molecule has 1 aromatic carbocycles. The van der Waals surface area contributed by atoms with Gasteiger partial charge in [-0.15, -0.1) is 0 Å². The summed E-state index contributed by atoms with van der Waals surface area (Å²) in [5, 5.41) is 11.5. The van der Waals surface area contributed by atoms with Gasteiger partial charge in [-0.25, -0.2) is 9.36 Å². The van der Waals surface area contributed by atoms with Crippen LogP contribution >= 0.6 is 11.8 Å². The highest BCUT2D eigenvalue weighted by atomic mass is 32.2. The Balaban J connectivity index is 2.42. The average molecular weight is 365 g/mol. The molecule has 25 heavy (non-hydrogen) atoms. The van der Waals surface area contributed by atoms with Gasteiger partial charge in [0.25, 0.3) is 5.56 Å². The van der Waals surface area contributed by atoms with Gasteiger partial charge in [-0.05, 0) is 30.6 Å². The van der Waals surface area contributed by atoms with E-state index in [4.69, 9.17) is 5.11 Å². The summed E-state index contributed by atoms with van der Waals surface area (Å²) in [5.74, 6) is -1.02. The van der Waals surface area contributed by atoms with Gasteiger partial charge in [0.2, 0.25) is 5.91 Å². The maximum absolute atomic E-state index is 12.7. The van der Waals surface area contributed by atoms with Gasteiger partial charge in [0, 0.05) is 6.54 Å². The molecule has 0 spiro atoms. The van der Waals surface area contributed by atoms with Crippen LogP contribution in [0.3, 0.4) is 0 Å². The van der Waals surface area contributed by atoms with Gasteiger partial charge in [-0.3, -0.25) is 14.4 Å². The number of carbonyl (C=O) groups excluding carboxylic acids is 1. The van der Waals surface area contributed by atoms with E-state index in [2.05, 4.69) is 10.3 Å². The second-order valence-electron chi connectivity index (χ2n) is 5.38. The van der Waals surface area contributed by atoms with Crippen LogP contribution in [-0.4, -0.2) is 45.1 Å². The number of carboxylic acid groups (broad SMARTS) is 1. The molecule has 1 amide bonds. The van der Waals surface area contributed by atoms with Gasteiger partial charge in [0.15, 0.2) is 0 Å². The maximum atomic E-state index is 12.7. The molecule has 0 saturated heterocycles. The van der Waals surface area contributed by atoms with E-state index in [0.717, 1.165) is 4.57 Å². The molecule has 0 saturated carbocycles. The summed E-state index contributed by atoms with van der Waals surface area (Å²) in [7, 11) is 0. The molecule has 0 fully saturated rings. The van der Waals surface area contributed by atoms with Crippen LogP contribution in [0.5, 0.6) is 0 Å². The molecule has 134 valence electrons. The molecule has 0 bridgehead atoms. The minimum absolute atomic E-state index is 0.0653. The first-order valence-electron chi connectivity index (χ1n) is 7.67. The van der Waals surface area contributed by atoms with Crippen molar-refractivity contribution >= 4 is 34.5 Å². The number of nitrogens with zero attached hydrogens (tertiary/aromatic N) is 1. The highest BCUT2D eigenvalue weighted by molar-refractivity contribution is 7.98. The summed E-state index contributed by atoms with van der Waals surface area (Å²) in [5.41, 5.74) is -0.800. The number of benzene rings is 1.